The monoisotopic (exact) mass is 442 g/mol. The molecule has 1 unspecified atom stereocenters. The Morgan fingerprint density at radius 3 is 2.62 bits per heavy atom. The molecule has 0 spiro atoms. The molecule has 0 radical (unpaired) electrons. The van der Waals surface area contributed by atoms with Crippen LogP contribution in [-0.2, 0) is 0 Å². The number of rotatable bonds is 5. The van der Waals surface area contributed by atoms with Gasteiger partial charge in [-0.1, -0.05) is 12.1 Å². The molecule has 1 aliphatic rings. The maximum absolute atomic E-state index is 14.2. The fraction of sp³-hybridized carbons (Fsp3) is 0.261. The Kier molecular flexibility index (Phi) is 5.98. The van der Waals surface area contributed by atoms with Crippen molar-refractivity contribution in [2.45, 2.75) is 13.3 Å². The van der Waals surface area contributed by atoms with E-state index < -0.39 is 28.8 Å². The Balaban J connectivity index is 1.44. The van der Waals surface area contributed by atoms with Crippen molar-refractivity contribution in [1.82, 2.24) is 15.1 Å². The molecule has 9 heteroatoms. The van der Waals surface area contributed by atoms with Crippen molar-refractivity contribution >= 4 is 11.6 Å². The van der Waals surface area contributed by atoms with Crippen LogP contribution in [0.15, 0.2) is 53.3 Å². The van der Waals surface area contributed by atoms with Crippen molar-refractivity contribution in [3.8, 4) is 5.69 Å². The number of carbonyl (C=O) groups is 1. The molecule has 3 aromatic rings. The van der Waals surface area contributed by atoms with Crippen LogP contribution in [0.3, 0.4) is 0 Å². The van der Waals surface area contributed by atoms with Crippen LogP contribution in [0, 0.1) is 30.3 Å². The fourth-order valence-electron chi connectivity index (χ4n) is 3.81. The summed E-state index contributed by atoms with van der Waals surface area (Å²) in [4.78, 5) is 26.9. The van der Waals surface area contributed by atoms with E-state index in [0.29, 0.717) is 24.5 Å². The van der Waals surface area contributed by atoms with Gasteiger partial charge in [0.05, 0.1) is 0 Å². The van der Waals surface area contributed by atoms with E-state index >= 15 is 0 Å². The number of amides is 1. The maximum atomic E-state index is 14.2. The highest BCUT2D eigenvalue weighted by atomic mass is 19.2. The van der Waals surface area contributed by atoms with E-state index in [0.717, 1.165) is 18.6 Å². The molecule has 0 aliphatic carbocycles. The van der Waals surface area contributed by atoms with Gasteiger partial charge in [0, 0.05) is 43.1 Å². The first-order valence-electron chi connectivity index (χ1n) is 10.2. The Bertz CT molecular complexity index is 1230. The van der Waals surface area contributed by atoms with E-state index in [1.54, 1.807) is 13.0 Å². The highest BCUT2D eigenvalue weighted by molar-refractivity contribution is 5.92. The summed E-state index contributed by atoms with van der Waals surface area (Å²) < 4.78 is 42.1. The molecule has 32 heavy (non-hydrogen) atoms. The minimum absolute atomic E-state index is 0.0614. The molecule has 166 valence electrons. The minimum Gasteiger partial charge on any atom is -0.371 e. The third-order valence-corrected chi connectivity index (χ3v) is 5.51. The van der Waals surface area contributed by atoms with Crippen molar-refractivity contribution in [2.24, 2.45) is 5.92 Å². The second-order valence-corrected chi connectivity index (χ2v) is 7.77. The molecule has 1 fully saturated rings. The second kappa shape index (κ2) is 8.86. The number of nitrogens with one attached hydrogen (secondary N) is 1. The summed E-state index contributed by atoms with van der Waals surface area (Å²) in [5.41, 5.74) is 0.231. The molecule has 1 aromatic heterocycles. The summed E-state index contributed by atoms with van der Waals surface area (Å²) in [7, 11) is 0. The van der Waals surface area contributed by atoms with Crippen LogP contribution in [0.25, 0.3) is 5.69 Å². The van der Waals surface area contributed by atoms with Gasteiger partial charge in [-0.15, -0.1) is 0 Å². The van der Waals surface area contributed by atoms with Crippen LogP contribution in [0.4, 0.5) is 18.9 Å². The largest absolute Gasteiger partial charge is 0.371 e. The minimum atomic E-state index is -0.907. The van der Waals surface area contributed by atoms with Gasteiger partial charge >= 0.3 is 0 Å². The molecule has 1 saturated heterocycles. The highest BCUT2D eigenvalue weighted by Gasteiger charge is 2.25. The number of carbonyl (C=O) groups excluding carboxylic acids is 1. The molecular formula is C23H21F3N4O2. The molecule has 1 atom stereocenters. The molecule has 1 amide bonds. The molecule has 1 N–H and O–H groups in total. The van der Waals surface area contributed by atoms with Gasteiger partial charge in [-0.3, -0.25) is 9.59 Å². The molecule has 6 nitrogen and oxygen atoms in total. The average molecular weight is 442 g/mol. The molecule has 4 rings (SSSR count). The van der Waals surface area contributed by atoms with E-state index in [9.17, 15) is 22.8 Å². The van der Waals surface area contributed by atoms with Gasteiger partial charge in [-0.2, -0.15) is 5.10 Å². The Morgan fingerprint density at radius 2 is 1.88 bits per heavy atom. The summed E-state index contributed by atoms with van der Waals surface area (Å²) in [5, 5.41) is 6.81. The number of hydrogen-bond acceptors (Lipinski definition) is 4. The second-order valence-electron chi connectivity index (χ2n) is 7.77. The van der Waals surface area contributed by atoms with E-state index in [-0.39, 0.29) is 23.8 Å². The van der Waals surface area contributed by atoms with Crippen molar-refractivity contribution in [2.75, 3.05) is 24.5 Å². The predicted molar refractivity (Wildman–Crippen MR) is 114 cm³/mol. The highest BCUT2D eigenvalue weighted by Crippen LogP contribution is 2.25. The van der Waals surface area contributed by atoms with Crippen LogP contribution in [0.2, 0.25) is 0 Å². The van der Waals surface area contributed by atoms with E-state index in [1.165, 1.54) is 35.0 Å². The fourth-order valence-corrected chi connectivity index (χ4v) is 3.81. The predicted octanol–water partition coefficient (Wildman–Crippen LogP) is 3.21. The summed E-state index contributed by atoms with van der Waals surface area (Å²) in [6.45, 7) is 3.07. The van der Waals surface area contributed by atoms with Gasteiger partial charge in [0.2, 0.25) is 5.43 Å². The van der Waals surface area contributed by atoms with Crippen LogP contribution in [0.5, 0.6) is 0 Å². The van der Waals surface area contributed by atoms with Gasteiger partial charge in [0.1, 0.15) is 11.5 Å². The lowest BCUT2D eigenvalue weighted by Gasteiger charge is -2.19. The molecule has 0 bridgehead atoms. The maximum Gasteiger partial charge on any atom is 0.275 e. The van der Waals surface area contributed by atoms with Crippen LogP contribution in [-0.4, -0.2) is 35.3 Å². The summed E-state index contributed by atoms with van der Waals surface area (Å²) in [6.07, 6.45) is 0.736. The third-order valence-electron chi connectivity index (χ3n) is 5.51. The zero-order valence-electron chi connectivity index (χ0n) is 17.3. The summed E-state index contributed by atoms with van der Waals surface area (Å²) >= 11 is 0. The third kappa shape index (κ3) is 4.37. The van der Waals surface area contributed by atoms with Crippen LogP contribution in [0.1, 0.15) is 22.6 Å². The molecule has 0 saturated carbocycles. The van der Waals surface area contributed by atoms with Gasteiger partial charge in [-0.05, 0) is 43.5 Å². The topological polar surface area (TPSA) is 67.2 Å². The first kappa shape index (κ1) is 21.6. The molecular weight excluding hydrogens is 421 g/mol. The smallest absolute Gasteiger partial charge is 0.275 e. The van der Waals surface area contributed by atoms with Crippen molar-refractivity contribution in [1.29, 1.82) is 0 Å². The van der Waals surface area contributed by atoms with E-state index in [2.05, 4.69) is 10.4 Å². The van der Waals surface area contributed by atoms with Gasteiger partial charge in [0.15, 0.2) is 17.3 Å². The summed E-state index contributed by atoms with van der Waals surface area (Å²) in [6, 6.07) is 10.9. The lowest BCUT2D eigenvalue weighted by Crippen LogP contribution is -2.35. The first-order valence-corrected chi connectivity index (χ1v) is 10.2. The van der Waals surface area contributed by atoms with E-state index in [4.69, 9.17) is 0 Å². The van der Waals surface area contributed by atoms with Gasteiger partial charge in [0.25, 0.3) is 5.91 Å². The zero-order valence-corrected chi connectivity index (χ0v) is 17.3. The normalized spacial score (nSPS) is 15.8. The molecule has 1 aliphatic heterocycles. The number of nitrogens with zero attached hydrogens (tertiary/aromatic N) is 3. The number of hydrogen-bond donors (Lipinski definition) is 1. The lowest BCUT2D eigenvalue weighted by atomic mass is 10.1. The van der Waals surface area contributed by atoms with Crippen molar-refractivity contribution in [3.63, 3.8) is 0 Å². The Hall–Kier alpha value is -3.62. The van der Waals surface area contributed by atoms with Gasteiger partial charge in [-0.25, -0.2) is 17.9 Å². The van der Waals surface area contributed by atoms with Crippen molar-refractivity contribution < 1.29 is 18.0 Å². The van der Waals surface area contributed by atoms with Gasteiger partial charge < -0.3 is 10.2 Å². The lowest BCUT2D eigenvalue weighted by molar-refractivity contribution is 0.0940. The standard InChI is InChI=1S/C23H21F3N4O2/c1-14-10-21(31)22(28-30(14)20-5-3-2-4-18(20)25)23(32)27-12-15-8-9-29(13-15)16-6-7-17(24)19(26)11-16/h2-7,10-11,15H,8-9,12-13H2,1H3,(H,27,32). The number of anilines is 1. The number of para-hydroxylation sites is 1. The molecule has 2 heterocycles. The van der Waals surface area contributed by atoms with Crippen LogP contribution >= 0.6 is 0 Å². The van der Waals surface area contributed by atoms with E-state index in [1.807, 2.05) is 4.90 Å². The number of aryl methyl sites for hydroxylation is 1. The first-order chi connectivity index (χ1) is 15.3. The number of aromatic nitrogens is 2. The number of halogens is 3. The number of benzene rings is 2. The van der Waals surface area contributed by atoms with Crippen LogP contribution < -0.4 is 15.6 Å². The SMILES string of the molecule is Cc1cc(=O)c(C(=O)NCC2CCN(c3ccc(F)c(F)c3)C2)nn1-c1ccccc1F. The molecule has 2 aromatic carbocycles. The average Bonchev–Trinajstić information content (AvgIpc) is 3.24. The Morgan fingerprint density at radius 1 is 1.09 bits per heavy atom. The zero-order chi connectivity index (χ0) is 22.8. The Labute approximate surface area is 182 Å². The summed E-state index contributed by atoms with van der Waals surface area (Å²) in [5.74, 6) is -2.92. The quantitative estimate of drug-likeness (QED) is 0.659. The van der Waals surface area contributed by atoms with Crippen molar-refractivity contribution in [3.05, 3.63) is 87.6 Å².